The number of fused-ring (bicyclic) bond motifs is 1. The Hall–Kier alpha value is -4.33. The van der Waals surface area contributed by atoms with Gasteiger partial charge < -0.3 is 4.90 Å². The lowest BCUT2D eigenvalue weighted by atomic mass is 10.0. The van der Waals surface area contributed by atoms with E-state index in [4.69, 9.17) is 10.8 Å². The molecule has 30 heavy (non-hydrogen) atoms. The van der Waals surface area contributed by atoms with E-state index in [0.29, 0.717) is 16.7 Å². The van der Waals surface area contributed by atoms with Crippen molar-refractivity contribution in [1.82, 2.24) is 9.55 Å². The van der Waals surface area contributed by atoms with Gasteiger partial charge in [-0.3, -0.25) is 25.5 Å². The molecule has 0 amide bonds. The largest absolute Gasteiger partial charge is 0.329 e. The Bertz CT molecular complexity index is 1330. The van der Waals surface area contributed by atoms with Gasteiger partial charge in [0.05, 0.1) is 16.8 Å². The smallest absolute Gasteiger partial charge is 0.271 e. The van der Waals surface area contributed by atoms with Crippen LogP contribution in [0.4, 0.5) is 17.2 Å². The van der Waals surface area contributed by atoms with Crippen LogP contribution in [0.2, 0.25) is 0 Å². The lowest BCUT2D eigenvalue weighted by molar-refractivity contribution is -0.384. The minimum absolute atomic E-state index is 0.108. The van der Waals surface area contributed by atoms with Crippen LogP contribution < -0.4 is 10.5 Å². The number of benzene rings is 3. The van der Waals surface area contributed by atoms with E-state index in [1.807, 2.05) is 66.5 Å². The summed E-state index contributed by atoms with van der Waals surface area (Å²) in [6, 6.07) is 22.3. The van der Waals surface area contributed by atoms with Crippen LogP contribution in [0.3, 0.4) is 0 Å². The van der Waals surface area contributed by atoms with Gasteiger partial charge >= 0.3 is 0 Å². The molecule has 8 nitrogen and oxygen atoms in total. The van der Waals surface area contributed by atoms with E-state index in [-0.39, 0.29) is 11.3 Å². The molecule has 4 rings (SSSR count). The highest BCUT2D eigenvalue weighted by molar-refractivity contribution is 5.95. The molecular formula is C22H18N6O2. The van der Waals surface area contributed by atoms with E-state index in [2.05, 4.69) is 4.98 Å². The third-order valence-electron chi connectivity index (χ3n) is 4.92. The second-order valence-electron chi connectivity index (χ2n) is 6.69. The summed E-state index contributed by atoms with van der Waals surface area (Å²) in [6.07, 6.45) is 0.932. The van der Waals surface area contributed by atoms with Gasteiger partial charge in [0.1, 0.15) is 5.82 Å². The van der Waals surface area contributed by atoms with Crippen molar-refractivity contribution in [3.8, 4) is 11.1 Å². The molecule has 0 saturated carbocycles. The molecule has 1 aromatic heterocycles. The monoisotopic (exact) mass is 398 g/mol. The van der Waals surface area contributed by atoms with Crippen LogP contribution in [0.15, 0.2) is 72.8 Å². The molecule has 0 aliphatic carbocycles. The van der Waals surface area contributed by atoms with Crippen LogP contribution >= 0.6 is 0 Å². The second-order valence-corrected chi connectivity index (χ2v) is 6.69. The molecule has 0 radical (unpaired) electrons. The fourth-order valence-electron chi connectivity index (χ4n) is 3.38. The minimum Gasteiger partial charge on any atom is -0.329 e. The topological polar surface area (TPSA) is 112 Å². The maximum Gasteiger partial charge on any atom is 0.271 e. The van der Waals surface area contributed by atoms with Crippen molar-refractivity contribution in [2.75, 3.05) is 11.9 Å². The number of nitrogens with one attached hydrogen (secondary N) is 2. The quantitative estimate of drug-likeness (QED) is 0.226. The maximum absolute atomic E-state index is 11.2. The molecule has 0 spiro atoms. The van der Waals surface area contributed by atoms with Crippen LogP contribution in [0, 0.1) is 20.9 Å². The molecule has 2 N–H and O–H groups in total. The number of rotatable bonds is 5. The van der Waals surface area contributed by atoms with Crippen LogP contribution in [0.1, 0.15) is 0 Å². The summed E-state index contributed by atoms with van der Waals surface area (Å²) in [7, 11) is 1.83. The highest BCUT2D eigenvalue weighted by Crippen LogP contribution is 2.32. The number of nitro groups is 1. The summed E-state index contributed by atoms with van der Waals surface area (Å²) in [5, 5.41) is 27.6. The van der Waals surface area contributed by atoms with Gasteiger partial charge in [-0.15, -0.1) is 0 Å². The lowest BCUT2D eigenvalue weighted by Gasteiger charge is -2.21. The SMILES string of the molecule is CN(c1cccc(-c2ccccc2)c1)c1nc(=N)n(C=N)c2cc([N+](=O)[O-])ccc12. The molecule has 0 atom stereocenters. The van der Waals surface area contributed by atoms with Gasteiger partial charge in [-0.2, -0.15) is 4.98 Å². The number of hydrogen-bond donors (Lipinski definition) is 2. The first-order valence-corrected chi connectivity index (χ1v) is 9.14. The number of nitro benzene ring substituents is 1. The summed E-state index contributed by atoms with van der Waals surface area (Å²) >= 11 is 0. The van der Waals surface area contributed by atoms with Crippen molar-refractivity contribution in [1.29, 1.82) is 10.8 Å². The zero-order valence-electron chi connectivity index (χ0n) is 16.1. The van der Waals surface area contributed by atoms with Gasteiger partial charge in [0.15, 0.2) is 0 Å². The maximum atomic E-state index is 11.2. The van der Waals surface area contributed by atoms with E-state index in [1.165, 1.54) is 16.7 Å². The first kappa shape index (κ1) is 19.0. The van der Waals surface area contributed by atoms with Crippen molar-refractivity contribution >= 4 is 34.4 Å². The molecule has 0 aliphatic rings. The van der Waals surface area contributed by atoms with E-state index in [1.54, 1.807) is 6.07 Å². The molecule has 148 valence electrons. The Kier molecular flexibility index (Phi) is 4.81. The molecule has 0 aliphatic heterocycles. The van der Waals surface area contributed by atoms with E-state index >= 15 is 0 Å². The second kappa shape index (κ2) is 7.59. The van der Waals surface area contributed by atoms with Crippen LogP contribution in [0.5, 0.6) is 0 Å². The van der Waals surface area contributed by atoms with E-state index in [0.717, 1.165) is 23.2 Å². The Morgan fingerprint density at radius 2 is 1.77 bits per heavy atom. The van der Waals surface area contributed by atoms with Crippen molar-refractivity contribution in [3.05, 3.63) is 88.5 Å². The summed E-state index contributed by atoms with van der Waals surface area (Å²) in [5.74, 6) is 0.480. The van der Waals surface area contributed by atoms with E-state index < -0.39 is 4.92 Å². The van der Waals surface area contributed by atoms with Gasteiger partial charge in [0.25, 0.3) is 5.69 Å². The Labute approximate surface area is 171 Å². The molecule has 0 bridgehead atoms. The molecule has 4 aromatic rings. The Morgan fingerprint density at radius 1 is 1.03 bits per heavy atom. The van der Waals surface area contributed by atoms with Gasteiger partial charge in [0.2, 0.25) is 5.62 Å². The van der Waals surface area contributed by atoms with Gasteiger partial charge in [-0.25, -0.2) is 0 Å². The van der Waals surface area contributed by atoms with Crippen LogP contribution in [-0.2, 0) is 0 Å². The Balaban J connectivity index is 1.88. The molecular weight excluding hydrogens is 380 g/mol. The average Bonchev–Trinajstić information content (AvgIpc) is 2.78. The predicted molar refractivity (Wildman–Crippen MR) is 116 cm³/mol. The van der Waals surface area contributed by atoms with Gasteiger partial charge in [-0.05, 0) is 29.3 Å². The zero-order valence-corrected chi connectivity index (χ0v) is 16.1. The molecule has 0 saturated heterocycles. The van der Waals surface area contributed by atoms with Crippen molar-refractivity contribution < 1.29 is 4.92 Å². The first-order valence-electron chi connectivity index (χ1n) is 9.14. The summed E-state index contributed by atoms with van der Waals surface area (Å²) < 4.78 is 1.21. The number of hydrogen-bond acceptors (Lipinski definition) is 6. The molecule has 1 heterocycles. The predicted octanol–water partition coefficient (Wildman–Crippen LogP) is 4.31. The van der Waals surface area contributed by atoms with Gasteiger partial charge in [-0.1, -0.05) is 42.5 Å². The highest BCUT2D eigenvalue weighted by atomic mass is 16.6. The highest BCUT2D eigenvalue weighted by Gasteiger charge is 2.17. The number of nitrogens with zero attached hydrogens (tertiary/aromatic N) is 4. The fourth-order valence-corrected chi connectivity index (χ4v) is 3.38. The summed E-state index contributed by atoms with van der Waals surface area (Å²) in [4.78, 5) is 16.9. The molecule has 0 fully saturated rings. The van der Waals surface area contributed by atoms with Crippen LogP contribution in [-0.4, -0.2) is 27.9 Å². The third kappa shape index (κ3) is 3.30. The standard InChI is InChI=1S/C22H18N6O2/c1-26(17-9-5-8-16(12-17)15-6-3-2-4-7-15)21-19-11-10-18(28(29)30)13-20(19)27(14-23)22(24)25-21/h2-14,23-24H,1H3. The van der Waals surface area contributed by atoms with Crippen molar-refractivity contribution in [3.63, 3.8) is 0 Å². The zero-order chi connectivity index (χ0) is 21.3. The fraction of sp³-hybridized carbons (Fsp3) is 0.0455. The third-order valence-corrected chi connectivity index (χ3v) is 4.92. The molecule has 0 unspecified atom stereocenters. The number of anilines is 2. The minimum atomic E-state index is -0.496. The van der Waals surface area contributed by atoms with Crippen molar-refractivity contribution in [2.45, 2.75) is 0 Å². The number of non-ortho nitro benzene ring substituents is 1. The lowest BCUT2D eigenvalue weighted by Crippen LogP contribution is -2.26. The molecule has 3 aromatic carbocycles. The van der Waals surface area contributed by atoms with Gasteiger partial charge in [0, 0.05) is 30.3 Å². The normalized spacial score (nSPS) is 10.7. The van der Waals surface area contributed by atoms with Crippen molar-refractivity contribution in [2.24, 2.45) is 0 Å². The Morgan fingerprint density at radius 3 is 2.47 bits per heavy atom. The number of aromatic nitrogens is 2. The summed E-state index contributed by atoms with van der Waals surface area (Å²) in [6.45, 7) is 0. The van der Waals surface area contributed by atoms with Crippen LogP contribution in [0.25, 0.3) is 22.0 Å². The molecule has 8 heteroatoms. The first-order chi connectivity index (χ1) is 14.5. The average molecular weight is 398 g/mol. The summed E-state index contributed by atoms with van der Waals surface area (Å²) in [5.41, 5.74) is 3.06. The van der Waals surface area contributed by atoms with E-state index in [9.17, 15) is 10.1 Å².